The smallest absolute Gasteiger partial charge is 0.247 e. The molecule has 30 heavy (non-hydrogen) atoms. The van der Waals surface area contributed by atoms with Crippen LogP contribution in [0.25, 0.3) is 0 Å². The van der Waals surface area contributed by atoms with Crippen molar-refractivity contribution in [2.45, 2.75) is 31.4 Å². The van der Waals surface area contributed by atoms with Crippen LogP contribution in [0.3, 0.4) is 0 Å². The molecular weight excluding hydrogens is 427 g/mol. The zero-order valence-corrected chi connectivity index (χ0v) is 17.9. The van der Waals surface area contributed by atoms with E-state index in [0.29, 0.717) is 23.7 Å². The van der Waals surface area contributed by atoms with Crippen molar-refractivity contribution < 1.29 is 19.4 Å². The molecule has 2 aromatic rings. The number of rotatable bonds is 8. The Morgan fingerprint density at radius 3 is 2.63 bits per heavy atom. The van der Waals surface area contributed by atoms with Gasteiger partial charge in [0.25, 0.3) is 0 Å². The van der Waals surface area contributed by atoms with E-state index in [4.69, 9.17) is 27.9 Å². The standard InChI is InChI=1S/C22H24Cl2N2O4/c23-17-9-6-10-18(20(17)24)30-14-16(27)13-25-22(29)21(15-7-2-1-3-8-15)26-12-5-4-11-19(26)28/h1-3,6-10,16,21,27H,4-5,11-14H2,(H,25,29). The topological polar surface area (TPSA) is 78.9 Å². The van der Waals surface area contributed by atoms with E-state index in [9.17, 15) is 14.7 Å². The van der Waals surface area contributed by atoms with Gasteiger partial charge in [0.1, 0.15) is 29.5 Å². The van der Waals surface area contributed by atoms with Crippen LogP contribution in [-0.4, -0.2) is 47.6 Å². The summed E-state index contributed by atoms with van der Waals surface area (Å²) < 4.78 is 5.51. The Balaban J connectivity index is 1.61. The van der Waals surface area contributed by atoms with Gasteiger partial charge in [-0.3, -0.25) is 9.59 Å². The third kappa shape index (κ3) is 5.65. The van der Waals surface area contributed by atoms with Gasteiger partial charge >= 0.3 is 0 Å². The third-order valence-electron chi connectivity index (χ3n) is 4.89. The predicted octanol–water partition coefficient (Wildman–Crippen LogP) is 3.60. The summed E-state index contributed by atoms with van der Waals surface area (Å²) in [5, 5.41) is 13.6. The van der Waals surface area contributed by atoms with Gasteiger partial charge in [0.2, 0.25) is 11.8 Å². The maximum atomic E-state index is 13.0. The molecule has 1 saturated heterocycles. The summed E-state index contributed by atoms with van der Waals surface area (Å²) in [6, 6.07) is 13.4. The zero-order chi connectivity index (χ0) is 21.5. The second-order valence-electron chi connectivity index (χ2n) is 7.12. The van der Waals surface area contributed by atoms with Gasteiger partial charge in [-0.1, -0.05) is 59.6 Å². The van der Waals surface area contributed by atoms with E-state index in [0.717, 1.165) is 18.4 Å². The molecule has 2 unspecified atom stereocenters. The summed E-state index contributed by atoms with van der Waals surface area (Å²) in [5.74, 6) is -0.0170. The van der Waals surface area contributed by atoms with Crippen molar-refractivity contribution in [1.82, 2.24) is 10.2 Å². The summed E-state index contributed by atoms with van der Waals surface area (Å²) in [5.41, 5.74) is 0.738. The Morgan fingerprint density at radius 2 is 1.90 bits per heavy atom. The monoisotopic (exact) mass is 450 g/mol. The quantitative estimate of drug-likeness (QED) is 0.643. The van der Waals surface area contributed by atoms with Crippen molar-refractivity contribution >= 4 is 35.0 Å². The zero-order valence-electron chi connectivity index (χ0n) is 16.4. The number of amides is 2. The molecule has 0 aliphatic carbocycles. The fourth-order valence-corrected chi connectivity index (χ4v) is 3.71. The summed E-state index contributed by atoms with van der Waals surface area (Å²) in [6.07, 6.45) is 1.17. The highest BCUT2D eigenvalue weighted by Crippen LogP contribution is 2.31. The molecular formula is C22H24Cl2N2O4. The van der Waals surface area contributed by atoms with Crippen LogP contribution >= 0.6 is 23.2 Å². The summed E-state index contributed by atoms with van der Waals surface area (Å²) in [4.78, 5) is 27.0. The molecule has 2 aromatic carbocycles. The van der Waals surface area contributed by atoms with Gasteiger partial charge in [0.05, 0.1) is 5.02 Å². The van der Waals surface area contributed by atoms with E-state index >= 15 is 0 Å². The van der Waals surface area contributed by atoms with Gasteiger partial charge in [-0.25, -0.2) is 0 Å². The molecule has 0 radical (unpaired) electrons. The molecule has 0 aromatic heterocycles. The minimum absolute atomic E-state index is 0.0254. The SMILES string of the molecule is O=C(NCC(O)COc1cccc(Cl)c1Cl)C(c1ccccc1)N1CCCCC1=O. The van der Waals surface area contributed by atoms with E-state index in [1.54, 1.807) is 23.1 Å². The lowest BCUT2D eigenvalue weighted by Crippen LogP contribution is -2.47. The van der Waals surface area contributed by atoms with Crippen LogP contribution in [-0.2, 0) is 9.59 Å². The van der Waals surface area contributed by atoms with Crippen LogP contribution in [0.15, 0.2) is 48.5 Å². The highest BCUT2D eigenvalue weighted by Gasteiger charge is 2.32. The van der Waals surface area contributed by atoms with Crippen molar-refractivity contribution in [3.05, 3.63) is 64.1 Å². The van der Waals surface area contributed by atoms with Crippen molar-refractivity contribution in [3.63, 3.8) is 0 Å². The number of carbonyl (C=O) groups is 2. The average molecular weight is 451 g/mol. The second-order valence-corrected chi connectivity index (χ2v) is 7.90. The molecule has 0 spiro atoms. The number of piperidine rings is 1. The Morgan fingerprint density at radius 1 is 1.13 bits per heavy atom. The normalized spacial score (nSPS) is 16.1. The number of hydrogen-bond acceptors (Lipinski definition) is 4. The van der Waals surface area contributed by atoms with E-state index in [1.807, 2.05) is 30.3 Å². The fourth-order valence-electron chi connectivity index (χ4n) is 3.36. The van der Waals surface area contributed by atoms with Gasteiger partial charge in [0.15, 0.2) is 0 Å². The van der Waals surface area contributed by atoms with Crippen molar-refractivity contribution in [3.8, 4) is 5.75 Å². The van der Waals surface area contributed by atoms with Crippen molar-refractivity contribution in [2.75, 3.05) is 19.7 Å². The van der Waals surface area contributed by atoms with Crippen LogP contribution in [0.2, 0.25) is 10.0 Å². The Kier molecular flexibility index (Phi) is 7.96. The van der Waals surface area contributed by atoms with E-state index in [-0.39, 0.29) is 30.0 Å². The first kappa shape index (κ1) is 22.4. The fraction of sp³-hybridized carbons (Fsp3) is 0.364. The number of aliphatic hydroxyl groups is 1. The first-order valence-electron chi connectivity index (χ1n) is 9.84. The first-order chi connectivity index (χ1) is 14.5. The van der Waals surface area contributed by atoms with E-state index < -0.39 is 12.1 Å². The minimum atomic E-state index is -0.961. The molecule has 2 amide bonds. The number of ether oxygens (including phenoxy) is 1. The van der Waals surface area contributed by atoms with Gasteiger partial charge in [0, 0.05) is 19.5 Å². The lowest BCUT2D eigenvalue weighted by molar-refractivity contribution is -0.143. The van der Waals surface area contributed by atoms with Crippen LogP contribution in [0.5, 0.6) is 5.75 Å². The number of likely N-dealkylation sites (tertiary alicyclic amines) is 1. The van der Waals surface area contributed by atoms with E-state index in [1.165, 1.54) is 0 Å². The summed E-state index contributed by atoms with van der Waals surface area (Å²) in [7, 11) is 0. The number of aliphatic hydroxyl groups excluding tert-OH is 1. The van der Waals surface area contributed by atoms with Gasteiger partial charge < -0.3 is 20.1 Å². The molecule has 160 valence electrons. The predicted molar refractivity (Wildman–Crippen MR) is 116 cm³/mol. The second kappa shape index (κ2) is 10.7. The van der Waals surface area contributed by atoms with Gasteiger partial charge in [-0.05, 0) is 30.5 Å². The molecule has 2 N–H and O–H groups in total. The van der Waals surface area contributed by atoms with Crippen molar-refractivity contribution in [2.24, 2.45) is 0 Å². The third-order valence-corrected chi connectivity index (χ3v) is 5.70. The first-order valence-corrected chi connectivity index (χ1v) is 10.6. The molecule has 0 bridgehead atoms. The van der Waals surface area contributed by atoms with Crippen molar-refractivity contribution in [1.29, 1.82) is 0 Å². The van der Waals surface area contributed by atoms with E-state index in [2.05, 4.69) is 5.32 Å². The molecule has 3 rings (SSSR count). The number of nitrogens with one attached hydrogen (secondary N) is 1. The maximum Gasteiger partial charge on any atom is 0.247 e. The number of carbonyl (C=O) groups excluding carboxylic acids is 2. The highest BCUT2D eigenvalue weighted by atomic mass is 35.5. The van der Waals surface area contributed by atoms with Crippen LogP contribution < -0.4 is 10.1 Å². The van der Waals surface area contributed by atoms with Gasteiger partial charge in [-0.2, -0.15) is 0 Å². The molecule has 1 aliphatic heterocycles. The Labute approximate surface area is 185 Å². The number of nitrogens with zero attached hydrogens (tertiary/aromatic N) is 1. The molecule has 0 saturated carbocycles. The molecule has 1 fully saturated rings. The average Bonchev–Trinajstić information content (AvgIpc) is 2.75. The summed E-state index contributed by atoms with van der Waals surface area (Å²) >= 11 is 12.0. The number of hydrogen-bond donors (Lipinski definition) is 2. The lowest BCUT2D eigenvalue weighted by Gasteiger charge is -2.34. The van der Waals surface area contributed by atoms with Crippen LogP contribution in [0, 0.1) is 0 Å². The van der Waals surface area contributed by atoms with Crippen LogP contribution in [0.4, 0.5) is 0 Å². The minimum Gasteiger partial charge on any atom is -0.489 e. The maximum absolute atomic E-state index is 13.0. The molecule has 1 heterocycles. The molecule has 8 heteroatoms. The van der Waals surface area contributed by atoms with Gasteiger partial charge in [-0.15, -0.1) is 0 Å². The molecule has 6 nitrogen and oxygen atoms in total. The Hall–Kier alpha value is -2.28. The molecule has 2 atom stereocenters. The summed E-state index contributed by atoms with van der Waals surface area (Å²) in [6.45, 7) is 0.437. The highest BCUT2D eigenvalue weighted by molar-refractivity contribution is 6.42. The number of benzene rings is 2. The lowest BCUT2D eigenvalue weighted by atomic mass is 10.0. The number of halogens is 2. The molecule has 1 aliphatic rings. The van der Waals surface area contributed by atoms with Crippen LogP contribution in [0.1, 0.15) is 30.9 Å². The largest absolute Gasteiger partial charge is 0.489 e. The Bertz CT molecular complexity index is 879.